The molecule has 0 aromatic heterocycles. The minimum absolute atomic E-state index is 0.0736. The van der Waals surface area contributed by atoms with Crippen molar-refractivity contribution in [3.63, 3.8) is 0 Å². The minimum atomic E-state index is -0.0736. The van der Waals surface area contributed by atoms with Gasteiger partial charge in [-0.3, -0.25) is 9.69 Å². The third kappa shape index (κ3) is 6.04. The summed E-state index contributed by atoms with van der Waals surface area (Å²) in [5, 5.41) is 2.92. The molecule has 5 heteroatoms. The second kappa shape index (κ2) is 9.33. The van der Waals surface area contributed by atoms with Crippen molar-refractivity contribution in [3.8, 4) is 5.75 Å². The van der Waals surface area contributed by atoms with Crippen molar-refractivity contribution in [2.45, 2.75) is 13.3 Å². The predicted molar refractivity (Wildman–Crippen MR) is 91.7 cm³/mol. The third-order valence-electron chi connectivity index (χ3n) is 3.85. The number of hydrogen-bond donors (Lipinski definition) is 1. The van der Waals surface area contributed by atoms with Crippen LogP contribution < -0.4 is 10.1 Å². The number of methoxy groups -OCH3 is 1. The molecule has 23 heavy (non-hydrogen) atoms. The maximum atomic E-state index is 11.9. The summed E-state index contributed by atoms with van der Waals surface area (Å²) in [4.78, 5) is 14.2. The highest BCUT2D eigenvalue weighted by atomic mass is 16.5. The average molecular weight is 318 g/mol. The Labute approximate surface area is 138 Å². The van der Waals surface area contributed by atoms with Crippen LogP contribution in [0.15, 0.2) is 24.3 Å². The van der Waals surface area contributed by atoms with E-state index < -0.39 is 0 Å². The van der Waals surface area contributed by atoms with Crippen molar-refractivity contribution >= 4 is 12.0 Å². The number of benzene rings is 1. The van der Waals surface area contributed by atoms with E-state index in [0.29, 0.717) is 6.54 Å². The van der Waals surface area contributed by atoms with Crippen LogP contribution >= 0.6 is 0 Å². The molecule has 0 aliphatic carbocycles. The molecule has 5 nitrogen and oxygen atoms in total. The smallest absolute Gasteiger partial charge is 0.244 e. The molecule has 1 heterocycles. The molecule has 1 fully saturated rings. The summed E-state index contributed by atoms with van der Waals surface area (Å²) in [6.45, 7) is 7.30. The Balaban J connectivity index is 1.72. The Morgan fingerprint density at radius 3 is 2.91 bits per heavy atom. The lowest BCUT2D eigenvalue weighted by molar-refractivity contribution is -0.116. The van der Waals surface area contributed by atoms with Crippen LogP contribution in [-0.4, -0.2) is 57.3 Å². The number of aryl methyl sites for hydroxylation is 1. The highest BCUT2D eigenvalue weighted by molar-refractivity contribution is 5.92. The van der Waals surface area contributed by atoms with Gasteiger partial charge in [-0.15, -0.1) is 0 Å². The summed E-state index contributed by atoms with van der Waals surface area (Å²) in [7, 11) is 1.63. The van der Waals surface area contributed by atoms with E-state index in [4.69, 9.17) is 9.47 Å². The number of amides is 1. The monoisotopic (exact) mass is 318 g/mol. The number of carbonyl (C=O) groups excluding carboxylic acids is 1. The van der Waals surface area contributed by atoms with Crippen molar-refractivity contribution in [2.75, 3.05) is 46.5 Å². The second-order valence-electron chi connectivity index (χ2n) is 5.68. The standard InChI is InChI=1S/C18H26N2O3/c1-15-4-6-17(22-2)16(14-15)5-7-18(21)19-8-3-9-20-10-12-23-13-11-20/h4-7,14H,3,8-13H2,1-2H3,(H,19,21)/b7-5+. The fraction of sp³-hybridized carbons (Fsp3) is 0.500. The lowest BCUT2D eigenvalue weighted by Crippen LogP contribution is -2.38. The van der Waals surface area contributed by atoms with Crippen LogP contribution in [0.2, 0.25) is 0 Å². The number of ether oxygens (including phenoxy) is 2. The molecule has 1 amide bonds. The summed E-state index contributed by atoms with van der Waals surface area (Å²) in [5.41, 5.74) is 2.05. The average Bonchev–Trinajstić information content (AvgIpc) is 2.58. The summed E-state index contributed by atoms with van der Waals surface area (Å²) >= 11 is 0. The van der Waals surface area contributed by atoms with Crippen LogP contribution in [0.1, 0.15) is 17.5 Å². The van der Waals surface area contributed by atoms with Gasteiger partial charge in [0.1, 0.15) is 5.75 Å². The number of hydrogen-bond acceptors (Lipinski definition) is 4. The largest absolute Gasteiger partial charge is 0.496 e. The van der Waals surface area contributed by atoms with Gasteiger partial charge in [0.15, 0.2) is 0 Å². The van der Waals surface area contributed by atoms with E-state index in [1.165, 1.54) is 0 Å². The van der Waals surface area contributed by atoms with Crippen LogP contribution in [0.5, 0.6) is 5.75 Å². The SMILES string of the molecule is COc1ccc(C)cc1/C=C/C(=O)NCCCN1CCOCC1. The topological polar surface area (TPSA) is 50.8 Å². The van der Waals surface area contributed by atoms with Gasteiger partial charge in [-0.2, -0.15) is 0 Å². The summed E-state index contributed by atoms with van der Waals surface area (Å²) < 4.78 is 10.6. The van der Waals surface area contributed by atoms with Gasteiger partial charge in [0.2, 0.25) is 5.91 Å². The lowest BCUT2D eigenvalue weighted by atomic mass is 10.1. The van der Waals surface area contributed by atoms with Gasteiger partial charge in [0, 0.05) is 31.3 Å². The van der Waals surface area contributed by atoms with Gasteiger partial charge in [-0.25, -0.2) is 0 Å². The van der Waals surface area contributed by atoms with Crippen molar-refractivity contribution in [2.24, 2.45) is 0 Å². The first-order valence-electron chi connectivity index (χ1n) is 8.09. The number of nitrogens with one attached hydrogen (secondary N) is 1. The normalized spacial score (nSPS) is 15.7. The fourth-order valence-corrected chi connectivity index (χ4v) is 2.55. The fourth-order valence-electron chi connectivity index (χ4n) is 2.55. The van der Waals surface area contributed by atoms with Crippen LogP contribution in [0.3, 0.4) is 0 Å². The maximum Gasteiger partial charge on any atom is 0.244 e. The first kappa shape index (κ1) is 17.5. The molecule has 1 aliphatic rings. The molecule has 126 valence electrons. The van der Waals surface area contributed by atoms with Gasteiger partial charge < -0.3 is 14.8 Å². The van der Waals surface area contributed by atoms with Gasteiger partial charge >= 0.3 is 0 Å². The highest BCUT2D eigenvalue weighted by Gasteiger charge is 2.09. The van der Waals surface area contributed by atoms with Crippen molar-refractivity contribution < 1.29 is 14.3 Å². The molecule has 0 saturated carbocycles. The van der Waals surface area contributed by atoms with Crippen LogP contribution in [-0.2, 0) is 9.53 Å². The van der Waals surface area contributed by atoms with E-state index >= 15 is 0 Å². The molecule has 1 aliphatic heterocycles. The number of rotatable bonds is 7. The first-order chi connectivity index (χ1) is 11.2. The summed E-state index contributed by atoms with van der Waals surface area (Å²) in [6, 6.07) is 5.90. The van der Waals surface area contributed by atoms with E-state index in [1.807, 2.05) is 25.1 Å². The third-order valence-corrected chi connectivity index (χ3v) is 3.85. The summed E-state index contributed by atoms with van der Waals surface area (Å²) in [5.74, 6) is 0.697. The number of carbonyl (C=O) groups is 1. The van der Waals surface area contributed by atoms with E-state index in [2.05, 4.69) is 10.2 Å². The van der Waals surface area contributed by atoms with E-state index in [9.17, 15) is 4.79 Å². The molecular weight excluding hydrogens is 292 g/mol. The van der Waals surface area contributed by atoms with E-state index in [1.54, 1.807) is 19.3 Å². The molecule has 2 rings (SSSR count). The quantitative estimate of drug-likeness (QED) is 0.616. The molecule has 1 saturated heterocycles. The first-order valence-corrected chi connectivity index (χ1v) is 8.09. The lowest BCUT2D eigenvalue weighted by Gasteiger charge is -2.26. The van der Waals surface area contributed by atoms with E-state index in [0.717, 1.165) is 56.1 Å². The van der Waals surface area contributed by atoms with Crippen molar-refractivity contribution in [3.05, 3.63) is 35.4 Å². The molecule has 0 unspecified atom stereocenters. The zero-order valence-corrected chi connectivity index (χ0v) is 14.0. The van der Waals surface area contributed by atoms with Crippen molar-refractivity contribution in [1.82, 2.24) is 10.2 Å². The van der Waals surface area contributed by atoms with Crippen LogP contribution in [0.4, 0.5) is 0 Å². The predicted octanol–water partition coefficient (Wildman–Crippen LogP) is 1.86. The Kier molecular flexibility index (Phi) is 7.10. The second-order valence-corrected chi connectivity index (χ2v) is 5.68. The molecule has 0 atom stereocenters. The van der Waals surface area contributed by atoms with Crippen LogP contribution in [0, 0.1) is 6.92 Å². The van der Waals surface area contributed by atoms with Gasteiger partial charge in [0.05, 0.1) is 20.3 Å². The molecule has 0 spiro atoms. The van der Waals surface area contributed by atoms with Gasteiger partial charge in [-0.05, 0) is 38.1 Å². The summed E-state index contributed by atoms with van der Waals surface area (Å²) in [6.07, 6.45) is 4.31. The molecule has 0 bridgehead atoms. The van der Waals surface area contributed by atoms with Crippen molar-refractivity contribution in [1.29, 1.82) is 0 Å². The highest BCUT2D eigenvalue weighted by Crippen LogP contribution is 2.20. The zero-order chi connectivity index (χ0) is 16.5. The molecular formula is C18H26N2O3. The molecule has 1 aromatic carbocycles. The Morgan fingerprint density at radius 1 is 1.39 bits per heavy atom. The molecule has 1 N–H and O–H groups in total. The molecule has 0 radical (unpaired) electrons. The Bertz CT molecular complexity index is 537. The zero-order valence-electron chi connectivity index (χ0n) is 14.0. The molecule has 1 aromatic rings. The number of morpholine rings is 1. The Hall–Kier alpha value is -1.85. The Morgan fingerprint density at radius 2 is 2.17 bits per heavy atom. The van der Waals surface area contributed by atoms with Gasteiger partial charge in [-0.1, -0.05) is 11.6 Å². The van der Waals surface area contributed by atoms with E-state index in [-0.39, 0.29) is 5.91 Å². The van der Waals surface area contributed by atoms with Gasteiger partial charge in [0.25, 0.3) is 0 Å². The van der Waals surface area contributed by atoms with Crippen LogP contribution in [0.25, 0.3) is 6.08 Å². The number of nitrogens with zero attached hydrogens (tertiary/aromatic N) is 1. The minimum Gasteiger partial charge on any atom is -0.496 e. The maximum absolute atomic E-state index is 11.9.